The number of hydrogen-bond acceptors (Lipinski definition) is 4. The van der Waals surface area contributed by atoms with E-state index in [9.17, 15) is 22.8 Å². The maximum Gasteiger partial charge on any atom is 0.490 e. The van der Waals surface area contributed by atoms with Crippen LogP contribution in [0.4, 0.5) is 13.2 Å². The molecule has 4 N–H and O–H groups in total. The van der Waals surface area contributed by atoms with Crippen LogP contribution in [-0.2, 0) is 22.6 Å². The van der Waals surface area contributed by atoms with Crippen molar-refractivity contribution in [2.24, 2.45) is 0 Å². The highest BCUT2D eigenvalue weighted by molar-refractivity contribution is 6.27. The van der Waals surface area contributed by atoms with Gasteiger partial charge in [0.15, 0.2) is 0 Å². The number of carbonyl (C=O) groups excluding carboxylic acids is 2. The van der Waals surface area contributed by atoms with Gasteiger partial charge in [0, 0.05) is 48.2 Å². The van der Waals surface area contributed by atoms with Crippen molar-refractivity contribution in [3.8, 4) is 22.5 Å². The fraction of sp³-hybridized carbons (Fsp3) is 0.217. The summed E-state index contributed by atoms with van der Waals surface area (Å²) in [6.07, 6.45) is -2.53. The second-order valence-electron chi connectivity index (χ2n) is 7.42. The highest BCUT2D eigenvalue weighted by Gasteiger charge is 2.38. The van der Waals surface area contributed by atoms with Crippen molar-refractivity contribution < 1.29 is 32.7 Å². The number of halogens is 4. The average Bonchev–Trinajstić information content (AvgIpc) is 3.28. The Balaban J connectivity index is 0.000000429. The van der Waals surface area contributed by atoms with Crippen molar-refractivity contribution in [2.75, 3.05) is 12.4 Å². The van der Waals surface area contributed by atoms with Gasteiger partial charge in [-0.15, -0.1) is 11.6 Å². The van der Waals surface area contributed by atoms with Crippen LogP contribution in [-0.4, -0.2) is 51.5 Å². The van der Waals surface area contributed by atoms with Crippen molar-refractivity contribution in [2.45, 2.75) is 19.1 Å². The van der Waals surface area contributed by atoms with E-state index in [0.717, 1.165) is 40.2 Å². The lowest BCUT2D eigenvalue weighted by Gasteiger charge is -2.11. The third-order valence-electron chi connectivity index (χ3n) is 4.95. The van der Waals surface area contributed by atoms with Crippen LogP contribution in [0.15, 0.2) is 48.7 Å². The van der Waals surface area contributed by atoms with Gasteiger partial charge in [0.1, 0.15) is 5.88 Å². The van der Waals surface area contributed by atoms with Gasteiger partial charge in [0.2, 0.25) is 5.91 Å². The molecule has 3 aromatic rings. The molecule has 0 aliphatic carbocycles. The van der Waals surface area contributed by atoms with E-state index >= 15 is 0 Å². The van der Waals surface area contributed by atoms with E-state index in [1.807, 2.05) is 42.5 Å². The summed E-state index contributed by atoms with van der Waals surface area (Å²) in [5, 5.41) is 12.7. The van der Waals surface area contributed by atoms with Gasteiger partial charge in [-0.1, -0.05) is 18.2 Å². The SMILES string of the molecule is O=C(CCl)NCc1cccc(-c2cc(-c3cc4c([nH]3)CCNC4=O)ccn2)c1.O=C(O)C(F)(F)F. The molecule has 12 heteroatoms. The maximum absolute atomic E-state index is 12.0. The molecule has 2 amide bonds. The Labute approximate surface area is 202 Å². The summed E-state index contributed by atoms with van der Waals surface area (Å²) in [7, 11) is 0. The number of aromatic nitrogens is 2. The molecular formula is C23H20ClF3N4O4. The van der Waals surface area contributed by atoms with Crippen LogP contribution in [0.1, 0.15) is 21.6 Å². The number of fused-ring (bicyclic) bond motifs is 1. The normalized spacial score (nSPS) is 12.6. The first-order chi connectivity index (χ1) is 16.6. The van der Waals surface area contributed by atoms with Gasteiger partial charge in [-0.05, 0) is 29.8 Å². The predicted molar refractivity (Wildman–Crippen MR) is 122 cm³/mol. The number of carboxylic acid groups (broad SMARTS) is 1. The van der Waals surface area contributed by atoms with Gasteiger partial charge in [-0.3, -0.25) is 14.6 Å². The smallest absolute Gasteiger partial charge is 0.475 e. The predicted octanol–water partition coefficient (Wildman–Crippen LogP) is 3.52. The number of benzene rings is 1. The Kier molecular flexibility index (Phi) is 8.13. The van der Waals surface area contributed by atoms with Gasteiger partial charge in [-0.2, -0.15) is 13.2 Å². The number of carbonyl (C=O) groups is 3. The minimum absolute atomic E-state index is 0.0373. The number of H-pyrrole nitrogens is 1. The number of nitrogens with zero attached hydrogens (tertiary/aromatic N) is 1. The molecule has 0 saturated heterocycles. The summed E-state index contributed by atoms with van der Waals surface area (Å²) >= 11 is 5.52. The molecule has 0 spiro atoms. The number of nitrogens with one attached hydrogen (secondary N) is 3. The molecule has 0 atom stereocenters. The number of amides is 2. The first-order valence-corrected chi connectivity index (χ1v) is 10.8. The Morgan fingerprint density at radius 1 is 1.14 bits per heavy atom. The minimum Gasteiger partial charge on any atom is -0.475 e. The largest absolute Gasteiger partial charge is 0.490 e. The maximum atomic E-state index is 12.0. The van der Waals surface area contributed by atoms with Gasteiger partial charge < -0.3 is 20.7 Å². The molecule has 0 radical (unpaired) electrons. The zero-order valence-electron chi connectivity index (χ0n) is 18.1. The monoisotopic (exact) mass is 508 g/mol. The van der Waals surface area contributed by atoms with E-state index in [1.165, 1.54) is 0 Å². The van der Waals surface area contributed by atoms with Gasteiger partial charge >= 0.3 is 12.1 Å². The van der Waals surface area contributed by atoms with E-state index < -0.39 is 12.1 Å². The highest BCUT2D eigenvalue weighted by atomic mass is 35.5. The van der Waals surface area contributed by atoms with Crippen LogP contribution in [0, 0.1) is 0 Å². The minimum atomic E-state index is -5.08. The molecule has 35 heavy (non-hydrogen) atoms. The zero-order chi connectivity index (χ0) is 25.6. The molecule has 3 heterocycles. The van der Waals surface area contributed by atoms with E-state index in [2.05, 4.69) is 20.6 Å². The Bertz CT molecular complexity index is 1240. The second kappa shape index (κ2) is 11.0. The molecule has 8 nitrogen and oxygen atoms in total. The first kappa shape index (κ1) is 25.8. The fourth-order valence-corrected chi connectivity index (χ4v) is 3.39. The Morgan fingerprint density at radius 3 is 2.54 bits per heavy atom. The van der Waals surface area contributed by atoms with E-state index in [0.29, 0.717) is 18.7 Å². The number of hydrogen-bond donors (Lipinski definition) is 4. The Hall–Kier alpha value is -3.86. The number of pyridine rings is 1. The number of alkyl halides is 4. The summed E-state index contributed by atoms with van der Waals surface area (Å²) in [5.74, 6) is -3.05. The van der Waals surface area contributed by atoms with Crippen LogP contribution in [0.5, 0.6) is 0 Å². The number of rotatable bonds is 5. The summed E-state index contributed by atoms with van der Waals surface area (Å²) in [4.78, 5) is 40.1. The third kappa shape index (κ3) is 6.82. The van der Waals surface area contributed by atoms with Crippen molar-refractivity contribution in [1.82, 2.24) is 20.6 Å². The molecule has 2 aromatic heterocycles. The van der Waals surface area contributed by atoms with Crippen LogP contribution < -0.4 is 10.6 Å². The van der Waals surface area contributed by atoms with E-state index in [4.69, 9.17) is 21.5 Å². The standard InChI is InChI=1S/C21H19ClN4O2.C2HF3O2/c22-11-20(27)25-12-13-2-1-3-14(8-13)18-9-15(4-6-23-18)19-10-16-17(26-19)5-7-24-21(16)28;3-2(4,5)1(6)7/h1-4,6,8-10,26H,5,7,11-12H2,(H,24,28)(H,25,27);(H,6,7). The fourth-order valence-electron chi connectivity index (χ4n) is 3.29. The van der Waals surface area contributed by atoms with Crippen LogP contribution in [0.25, 0.3) is 22.5 Å². The first-order valence-electron chi connectivity index (χ1n) is 10.3. The lowest BCUT2D eigenvalue weighted by Crippen LogP contribution is -2.31. The van der Waals surface area contributed by atoms with Crippen LogP contribution >= 0.6 is 11.6 Å². The molecule has 0 bridgehead atoms. The topological polar surface area (TPSA) is 124 Å². The number of aromatic amines is 1. The number of aliphatic carboxylic acids is 1. The lowest BCUT2D eigenvalue weighted by molar-refractivity contribution is -0.192. The molecule has 0 unspecified atom stereocenters. The zero-order valence-corrected chi connectivity index (χ0v) is 18.8. The third-order valence-corrected chi connectivity index (χ3v) is 5.19. The summed E-state index contributed by atoms with van der Waals surface area (Å²) in [5.41, 5.74) is 6.28. The molecule has 4 rings (SSSR count). The molecule has 1 aliphatic rings. The lowest BCUT2D eigenvalue weighted by atomic mass is 10.0. The molecule has 0 fully saturated rings. The van der Waals surface area contributed by atoms with Gasteiger partial charge in [0.05, 0.1) is 11.3 Å². The van der Waals surface area contributed by atoms with Crippen molar-refractivity contribution in [1.29, 1.82) is 0 Å². The molecule has 1 aliphatic heterocycles. The van der Waals surface area contributed by atoms with E-state index in [-0.39, 0.29) is 17.7 Å². The molecular weight excluding hydrogens is 489 g/mol. The van der Waals surface area contributed by atoms with Crippen molar-refractivity contribution in [3.63, 3.8) is 0 Å². The van der Waals surface area contributed by atoms with Crippen molar-refractivity contribution in [3.05, 3.63) is 65.5 Å². The van der Waals surface area contributed by atoms with E-state index in [1.54, 1.807) is 6.20 Å². The quantitative estimate of drug-likeness (QED) is 0.393. The average molecular weight is 509 g/mol. The summed E-state index contributed by atoms with van der Waals surface area (Å²) < 4.78 is 31.7. The second-order valence-corrected chi connectivity index (χ2v) is 7.69. The molecule has 184 valence electrons. The molecule has 1 aromatic carbocycles. The highest BCUT2D eigenvalue weighted by Crippen LogP contribution is 2.27. The van der Waals surface area contributed by atoms with Crippen LogP contribution in [0.3, 0.4) is 0 Å². The Morgan fingerprint density at radius 2 is 1.89 bits per heavy atom. The van der Waals surface area contributed by atoms with Gasteiger partial charge in [-0.25, -0.2) is 4.79 Å². The molecule has 0 saturated carbocycles. The van der Waals surface area contributed by atoms with Gasteiger partial charge in [0.25, 0.3) is 5.91 Å². The number of carboxylic acids is 1. The summed E-state index contributed by atoms with van der Waals surface area (Å²) in [6, 6.07) is 13.7. The summed E-state index contributed by atoms with van der Waals surface area (Å²) in [6.45, 7) is 1.07. The van der Waals surface area contributed by atoms with Crippen molar-refractivity contribution >= 4 is 29.4 Å². The van der Waals surface area contributed by atoms with Crippen LogP contribution in [0.2, 0.25) is 0 Å².